The van der Waals surface area contributed by atoms with Crippen LogP contribution in [0.25, 0.3) is 0 Å². The molecule has 7 nitrogen and oxygen atoms in total. The number of rotatable bonds is 11. The van der Waals surface area contributed by atoms with Gasteiger partial charge in [0.05, 0.1) is 10.6 Å². The van der Waals surface area contributed by atoms with E-state index in [1.165, 1.54) is 29.2 Å². The first-order valence-corrected chi connectivity index (χ1v) is 14.7. The average molecular weight is 570 g/mol. The van der Waals surface area contributed by atoms with E-state index in [0.29, 0.717) is 22.8 Å². The molecule has 0 radical (unpaired) electrons. The molecule has 0 saturated heterocycles. The Hall–Kier alpha value is -3.36. The molecule has 208 valence electrons. The number of amides is 2. The zero-order chi connectivity index (χ0) is 28.7. The lowest BCUT2D eigenvalue weighted by atomic mass is 10.1. The van der Waals surface area contributed by atoms with Crippen molar-refractivity contribution in [3.8, 4) is 0 Å². The molecule has 1 atom stereocenters. The van der Waals surface area contributed by atoms with Crippen LogP contribution in [0.1, 0.15) is 37.5 Å². The van der Waals surface area contributed by atoms with E-state index in [0.717, 1.165) is 15.4 Å². The third kappa shape index (κ3) is 7.83. The summed E-state index contributed by atoms with van der Waals surface area (Å²) in [5.41, 5.74) is 2.98. The van der Waals surface area contributed by atoms with E-state index < -0.39 is 28.5 Å². The van der Waals surface area contributed by atoms with Crippen LogP contribution in [0, 0.1) is 19.8 Å². The van der Waals surface area contributed by atoms with Crippen LogP contribution < -0.4 is 9.62 Å². The molecule has 1 N–H and O–H groups in total. The van der Waals surface area contributed by atoms with Crippen molar-refractivity contribution in [2.45, 2.75) is 52.1 Å². The summed E-state index contributed by atoms with van der Waals surface area (Å²) in [7, 11) is -4.14. The molecule has 0 aliphatic carbocycles. The van der Waals surface area contributed by atoms with E-state index in [9.17, 15) is 18.0 Å². The number of halogens is 1. The molecule has 0 bridgehead atoms. The third-order valence-corrected chi connectivity index (χ3v) is 8.42. The Balaban J connectivity index is 2.02. The largest absolute Gasteiger partial charge is 0.354 e. The van der Waals surface area contributed by atoms with Crippen molar-refractivity contribution >= 4 is 39.1 Å². The molecule has 0 fully saturated rings. The number of nitrogens with zero attached hydrogens (tertiary/aromatic N) is 2. The minimum Gasteiger partial charge on any atom is -0.354 e. The van der Waals surface area contributed by atoms with Crippen LogP contribution >= 0.6 is 11.6 Å². The van der Waals surface area contributed by atoms with Gasteiger partial charge in [-0.1, -0.05) is 73.5 Å². The van der Waals surface area contributed by atoms with Gasteiger partial charge in [0.25, 0.3) is 10.0 Å². The molecule has 3 rings (SSSR count). The molecule has 0 aliphatic rings. The Labute approximate surface area is 236 Å². The second-order valence-electron chi connectivity index (χ2n) is 10.1. The molecule has 2 amide bonds. The van der Waals surface area contributed by atoms with Gasteiger partial charge in [-0.2, -0.15) is 0 Å². The summed E-state index contributed by atoms with van der Waals surface area (Å²) in [6.45, 7) is 9.53. The minimum absolute atomic E-state index is 0.00997. The van der Waals surface area contributed by atoms with E-state index >= 15 is 0 Å². The van der Waals surface area contributed by atoms with Gasteiger partial charge < -0.3 is 10.2 Å². The van der Waals surface area contributed by atoms with Gasteiger partial charge in [-0.3, -0.25) is 13.9 Å². The van der Waals surface area contributed by atoms with Gasteiger partial charge in [-0.25, -0.2) is 8.42 Å². The van der Waals surface area contributed by atoms with Gasteiger partial charge in [0.2, 0.25) is 11.8 Å². The molecular formula is C30H36ClN3O4S. The second kappa shape index (κ2) is 13.1. The maximum absolute atomic E-state index is 13.9. The molecule has 0 aliphatic heterocycles. The number of benzene rings is 3. The van der Waals surface area contributed by atoms with E-state index in [-0.39, 0.29) is 23.3 Å². The molecule has 9 heteroatoms. The van der Waals surface area contributed by atoms with Crippen LogP contribution in [0.4, 0.5) is 5.69 Å². The topological polar surface area (TPSA) is 86.8 Å². The van der Waals surface area contributed by atoms with Gasteiger partial charge in [0, 0.05) is 18.1 Å². The normalized spacial score (nSPS) is 12.2. The third-order valence-electron chi connectivity index (χ3n) is 6.39. The number of hydrogen-bond donors (Lipinski definition) is 1. The van der Waals surface area contributed by atoms with E-state index in [2.05, 4.69) is 5.32 Å². The summed E-state index contributed by atoms with van der Waals surface area (Å²) in [5, 5.41) is 3.29. The lowest BCUT2D eigenvalue weighted by molar-refractivity contribution is -0.139. The highest BCUT2D eigenvalue weighted by molar-refractivity contribution is 7.92. The first-order chi connectivity index (χ1) is 18.4. The number of sulfonamides is 1. The first-order valence-electron chi connectivity index (χ1n) is 12.9. The van der Waals surface area contributed by atoms with E-state index in [1.807, 2.05) is 45.0 Å². The van der Waals surface area contributed by atoms with Crippen molar-refractivity contribution < 1.29 is 18.0 Å². The van der Waals surface area contributed by atoms with Gasteiger partial charge in [-0.05, 0) is 68.1 Å². The van der Waals surface area contributed by atoms with E-state index in [4.69, 9.17) is 11.6 Å². The first kappa shape index (κ1) is 30.2. The Morgan fingerprint density at radius 3 is 2.10 bits per heavy atom. The van der Waals surface area contributed by atoms with Crippen LogP contribution in [0.5, 0.6) is 0 Å². The van der Waals surface area contributed by atoms with Crippen LogP contribution in [-0.4, -0.2) is 44.3 Å². The van der Waals surface area contributed by atoms with Gasteiger partial charge in [0.15, 0.2) is 0 Å². The number of carbonyl (C=O) groups is 2. The maximum atomic E-state index is 13.9. The minimum atomic E-state index is -4.14. The van der Waals surface area contributed by atoms with Crippen LogP contribution in [0.3, 0.4) is 0 Å². The van der Waals surface area contributed by atoms with E-state index in [1.54, 1.807) is 38.1 Å². The molecule has 0 heterocycles. The molecule has 0 spiro atoms. The highest BCUT2D eigenvalue weighted by Crippen LogP contribution is 2.28. The Kier molecular flexibility index (Phi) is 10.2. The highest BCUT2D eigenvalue weighted by Gasteiger charge is 2.33. The molecular weight excluding hydrogens is 534 g/mol. The summed E-state index contributed by atoms with van der Waals surface area (Å²) in [4.78, 5) is 28.4. The number of para-hydroxylation sites is 1. The lowest BCUT2D eigenvalue weighted by Crippen LogP contribution is -2.51. The Morgan fingerprint density at radius 2 is 1.51 bits per heavy atom. The predicted molar refractivity (Wildman–Crippen MR) is 156 cm³/mol. The molecule has 3 aromatic rings. The monoisotopic (exact) mass is 569 g/mol. The van der Waals surface area contributed by atoms with Crippen molar-refractivity contribution in [1.29, 1.82) is 0 Å². The van der Waals surface area contributed by atoms with Gasteiger partial charge in [-0.15, -0.1) is 0 Å². The molecule has 39 heavy (non-hydrogen) atoms. The number of nitrogens with one attached hydrogen (secondary N) is 1. The summed E-state index contributed by atoms with van der Waals surface area (Å²) >= 11 is 6.00. The number of aryl methyl sites for hydroxylation is 2. The van der Waals surface area contributed by atoms with Crippen molar-refractivity contribution in [3.05, 3.63) is 94.5 Å². The lowest BCUT2D eigenvalue weighted by Gasteiger charge is -2.32. The van der Waals surface area contributed by atoms with Crippen LogP contribution in [0.15, 0.2) is 77.7 Å². The summed E-state index contributed by atoms with van der Waals surface area (Å²) < 4.78 is 28.8. The average Bonchev–Trinajstić information content (AvgIpc) is 2.90. The Bertz CT molecular complexity index is 1390. The van der Waals surface area contributed by atoms with Crippen molar-refractivity contribution in [2.24, 2.45) is 5.92 Å². The standard InChI is InChI=1S/C30H36ClN3O4S/c1-21(2)18-32-30(36)24(5)33(19-25-12-10-22(3)11-13-25)29(35)20-34(28-9-7-6-8-23(28)4)39(37,38)27-16-14-26(31)15-17-27/h6-17,21,24H,18-20H2,1-5H3,(H,32,36)/t24-/m0/s1. The fourth-order valence-electron chi connectivity index (χ4n) is 4.02. The number of anilines is 1. The Morgan fingerprint density at radius 1 is 0.897 bits per heavy atom. The molecule has 3 aromatic carbocycles. The smallest absolute Gasteiger partial charge is 0.264 e. The second-order valence-corrected chi connectivity index (χ2v) is 12.4. The number of carbonyl (C=O) groups excluding carboxylic acids is 2. The molecule has 0 unspecified atom stereocenters. The quantitative estimate of drug-likeness (QED) is 0.338. The summed E-state index contributed by atoms with van der Waals surface area (Å²) in [5.74, 6) is -0.556. The van der Waals surface area contributed by atoms with Crippen LogP contribution in [0.2, 0.25) is 5.02 Å². The fourth-order valence-corrected chi connectivity index (χ4v) is 5.62. The zero-order valence-electron chi connectivity index (χ0n) is 23.0. The molecule has 0 aromatic heterocycles. The highest BCUT2D eigenvalue weighted by atomic mass is 35.5. The van der Waals surface area contributed by atoms with Crippen molar-refractivity contribution in [1.82, 2.24) is 10.2 Å². The van der Waals surface area contributed by atoms with Gasteiger partial charge >= 0.3 is 0 Å². The maximum Gasteiger partial charge on any atom is 0.264 e. The van der Waals surface area contributed by atoms with Crippen molar-refractivity contribution in [3.63, 3.8) is 0 Å². The summed E-state index contributed by atoms with van der Waals surface area (Å²) in [6.07, 6.45) is 0. The zero-order valence-corrected chi connectivity index (χ0v) is 24.6. The van der Waals surface area contributed by atoms with Crippen molar-refractivity contribution in [2.75, 3.05) is 17.4 Å². The predicted octanol–water partition coefficient (Wildman–Crippen LogP) is 5.34. The SMILES string of the molecule is Cc1ccc(CN(C(=O)CN(c2ccccc2C)S(=O)(=O)c2ccc(Cl)cc2)[C@@H](C)C(=O)NCC(C)C)cc1. The van der Waals surface area contributed by atoms with Gasteiger partial charge in [0.1, 0.15) is 12.6 Å². The molecule has 0 saturated carbocycles. The summed E-state index contributed by atoms with van der Waals surface area (Å²) in [6, 6.07) is 19.7. The fraction of sp³-hybridized carbons (Fsp3) is 0.333. The van der Waals surface area contributed by atoms with Crippen LogP contribution in [-0.2, 0) is 26.2 Å². The number of hydrogen-bond acceptors (Lipinski definition) is 4.